The smallest absolute Gasteiger partial charge is 0.220 e. The standard InChI is InChI=1S/C13H26N2O2/c1-11(2)17-9-3-7-15-13(16)5-4-12-6-8-14-10-12/h11-12,14H,3-10H2,1-2H3,(H,15,16). The minimum absolute atomic E-state index is 0.182. The van der Waals surface area contributed by atoms with Gasteiger partial charge in [0.2, 0.25) is 5.91 Å². The first kappa shape index (κ1) is 14.5. The third-order valence-corrected chi connectivity index (χ3v) is 3.04. The highest BCUT2D eigenvalue weighted by Crippen LogP contribution is 2.13. The molecule has 4 heteroatoms. The molecule has 0 radical (unpaired) electrons. The van der Waals surface area contributed by atoms with Gasteiger partial charge in [0.05, 0.1) is 6.10 Å². The molecule has 0 bridgehead atoms. The van der Waals surface area contributed by atoms with E-state index in [1.54, 1.807) is 0 Å². The first-order chi connectivity index (χ1) is 8.18. The first-order valence-corrected chi connectivity index (χ1v) is 6.77. The van der Waals surface area contributed by atoms with Gasteiger partial charge in [-0.05, 0) is 52.1 Å². The summed E-state index contributed by atoms with van der Waals surface area (Å²) in [5.41, 5.74) is 0. The van der Waals surface area contributed by atoms with E-state index in [-0.39, 0.29) is 12.0 Å². The van der Waals surface area contributed by atoms with Gasteiger partial charge < -0.3 is 15.4 Å². The molecule has 1 aliphatic rings. The summed E-state index contributed by atoms with van der Waals surface area (Å²) in [4.78, 5) is 11.5. The van der Waals surface area contributed by atoms with Crippen LogP contribution >= 0.6 is 0 Å². The highest BCUT2D eigenvalue weighted by atomic mass is 16.5. The molecule has 1 unspecified atom stereocenters. The molecule has 17 heavy (non-hydrogen) atoms. The Kier molecular flexibility index (Phi) is 7.21. The highest BCUT2D eigenvalue weighted by Gasteiger charge is 2.15. The molecule has 0 aliphatic carbocycles. The zero-order valence-corrected chi connectivity index (χ0v) is 11.1. The average molecular weight is 242 g/mol. The van der Waals surface area contributed by atoms with Gasteiger partial charge >= 0.3 is 0 Å². The molecule has 1 atom stereocenters. The summed E-state index contributed by atoms with van der Waals surface area (Å²) in [5.74, 6) is 0.881. The zero-order valence-electron chi connectivity index (χ0n) is 11.1. The fourth-order valence-electron chi connectivity index (χ4n) is 2.00. The maximum atomic E-state index is 11.5. The Bertz CT molecular complexity index is 213. The summed E-state index contributed by atoms with van der Waals surface area (Å²) in [7, 11) is 0. The number of carbonyl (C=O) groups excluding carboxylic acids is 1. The molecule has 0 spiro atoms. The number of amides is 1. The van der Waals surface area contributed by atoms with Crippen molar-refractivity contribution in [3.05, 3.63) is 0 Å². The molecular formula is C13H26N2O2. The Hall–Kier alpha value is -0.610. The van der Waals surface area contributed by atoms with Crippen molar-refractivity contribution in [2.45, 2.75) is 45.6 Å². The molecular weight excluding hydrogens is 216 g/mol. The van der Waals surface area contributed by atoms with Crippen LogP contribution in [0.4, 0.5) is 0 Å². The molecule has 0 aromatic rings. The monoisotopic (exact) mass is 242 g/mol. The Morgan fingerprint density at radius 3 is 3.00 bits per heavy atom. The first-order valence-electron chi connectivity index (χ1n) is 6.77. The van der Waals surface area contributed by atoms with E-state index >= 15 is 0 Å². The van der Waals surface area contributed by atoms with Gasteiger partial charge in [-0.25, -0.2) is 0 Å². The van der Waals surface area contributed by atoms with Gasteiger partial charge in [0.25, 0.3) is 0 Å². The third kappa shape index (κ3) is 7.34. The Morgan fingerprint density at radius 1 is 1.53 bits per heavy atom. The van der Waals surface area contributed by atoms with Crippen LogP contribution in [0.25, 0.3) is 0 Å². The van der Waals surface area contributed by atoms with Gasteiger partial charge in [-0.3, -0.25) is 4.79 Å². The molecule has 1 amide bonds. The van der Waals surface area contributed by atoms with E-state index < -0.39 is 0 Å². The Labute approximate surface area is 104 Å². The fraction of sp³-hybridized carbons (Fsp3) is 0.923. The number of hydrogen-bond donors (Lipinski definition) is 2. The Balaban J connectivity index is 1.90. The summed E-state index contributed by atoms with van der Waals surface area (Å²) < 4.78 is 5.41. The van der Waals surface area contributed by atoms with Crippen molar-refractivity contribution in [2.75, 3.05) is 26.2 Å². The van der Waals surface area contributed by atoms with E-state index in [4.69, 9.17) is 4.74 Å². The molecule has 2 N–H and O–H groups in total. The predicted molar refractivity (Wildman–Crippen MR) is 68.9 cm³/mol. The normalized spacial score (nSPS) is 19.8. The van der Waals surface area contributed by atoms with Crippen LogP contribution in [-0.4, -0.2) is 38.3 Å². The lowest BCUT2D eigenvalue weighted by Gasteiger charge is -2.09. The minimum Gasteiger partial charge on any atom is -0.379 e. The van der Waals surface area contributed by atoms with Crippen molar-refractivity contribution in [2.24, 2.45) is 5.92 Å². The summed E-state index contributed by atoms with van der Waals surface area (Å²) >= 11 is 0. The topological polar surface area (TPSA) is 50.4 Å². The van der Waals surface area contributed by atoms with Crippen molar-refractivity contribution >= 4 is 5.91 Å². The van der Waals surface area contributed by atoms with E-state index in [9.17, 15) is 4.79 Å². The fourth-order valence-corrected chi connectivity index (χ4v) is 2.00. The summed E-state index contributed by atoms with van der Waals surface area (Å²) in [5, 5.41) is 6.26. The van der Waals surface area contributed by atoms with Crippen LogP contribution in [0.3, 0.4) is 0 Å². The van der Waals surface area contributed by atoms with Crippen LogP contribution < -0.4 is 10.6 Å². The van der Waals surface area contributed by atoms with Crippen molar-refractivity contribution in [3.8, 4) is 0 Å². The second-order valence-electron chi connectivity index (χ2n) is 5.02. The van der Waals surface area contributed by atoms with Gasteiger partial charge in [0.15, 0.2) is 0 Å². The summed E-state index contributed by atoms with van der Waals surface area (Å²) in [6.07, 6.45) is 4.07. The van der Waals surface area contributed by atoms with E-state index in [1.807, 2.05) is 13.8 Å². The van der Waals surface area contributed by atoms with Gasteiger partial charge in [-0.15, -0.1) is 0 Å². The molecule has 1 saturated heterocycles. The van der Waals surface area contributed by atoms with Crippen LogP contribution in [-0.2, 0) is 9.53 Å². The minimum atomic E-state index is 0.182. The summed E-state index contributed by atoms with van der Waals surface area (Å²) in [6, 6.07) is 0. The Morgan fingerprint density at radius 2 is 2.35 bits per heavy atom. The zero-order chi connectivity index (χ0) is 12.5. The van der Waals surface area contributed by atoms with E-state index in [0.717, 1.165) is 39.1 Å². The van der Waals surface area contributed by atoms with E-state index in [2.05, 4.69) is 10.6 Å². The predicted octanol–water partition coefficient (Wildman–Crippen LogP) is 1.31. The quantitative estimate of drug-likeness (QED) is 0.631. The van der Waals surface area contributed by atoms with Crippen molar-refractivity contribution in [3.63, 3.8) is 0 Å². The van der Waals surface area contributed by atoms with E-state index in [1.165, 1.54) is 6.42 Å². The molecule has 100 valence electrons. The molecule has 1 rings (SSSR count). The van der Waals surface area contributed by atoms with Crippen LogP contribution in [0.15, 0.2) is 0 Å². The number of ether oxygens (including phenoxy) is 1. The van der Waals surface area contributed by atoms with Crippen molar-refractivity contribution in [1.29, 1.82) is 0 Å². The van der Waals surface area contributed by atoms with Gasteiger partial charge in [0, 0.05) is 19.6 Å². The van der Waals surface area contributed by atoms with Crippen molar-refractivity contribution < 1.29 is 9.53 Å². The molecule has 0 saturated carbocycles. The maximum Gasteiger partial charge on any atom is 0.220 e. The van der Waals surface area contributed by atoms with Gasteiger partial charge in [-0.1, -0.05) is 0 Å². The molecule has 1 aliphatic heterocycles. The van der Waals surface area contributed by atoms with Crippen LogP contribution in [0.5, 0.6) is 0 Å². The maximum absolute atomic E-state index is 11.5. The van der Waals surface area contributed by atoms with Crippen LogP contribution in [0.2, 0.25) is 0 Å². The highest BCUT2D eigenvalue weighted by molar-refractivity contribution is 5.75. The number of hydrogen-bond acceptors (Lipinski definition) is 3. The third-order valence-electron chi connectivity index (χ3n) is 3.04. The van der Waals surface area contributed by atoms with E-state index in [0.29, 0.717) is 12.3 Å². The SMILES string of the molecule is CC(C)OCCCNC(=O)CCC1CCNC1. The number of carbonyl (C=O) groups is 1. The molecule has 1 heterocycles. The molecule has 1 fully saturated rings. The second kappa shape index (κ2) is 8.48. The van der Waals surface area contributed by atoms with Crippen LogP contribution in [0, 0.1) is 5.92 Å². The lowest BCUT2D eigenvalue weighted by Crippen LogP contribution is -2.26. The summed E-state index contributed by atoms with van der Waals surface area (Å²) in [6.45, 7) is 7.69. The lowest BCUT2D eigenvalue weighted by molar-refractivity contribution is -0.121. The average Bonchev–Trinajstić information content (AvgIpc) is 2.78. The van der Waals surface area contributed by atoms with Crippen LogP contribution in [0.1, 0.15) is 39.5 Å². The van der Waals surface area contributed by atoms with Gasteiger partial charge in [0.1, 0.15) is 0 Å². The second-order valence-corrected chi connectivity index (χ2v) is 5.02. The molecule has 0 aromatic heterocycles. The largest absolute Gasteiger partial charge is 0.379 e. The molecule has 0 aromatic carbocycles. The number of rotatable bonds is 8. The molecule has 4 nitrogen and oxygen atoms in total. The lowest BCUT2D eigenvalue weighted by atomic mass is 10.0. The number of nitrogens with one attached hydrogen (secondary N) is 2. The van der Waals surface area contributed by atoms with Crippen molar-refractivity contribution in [1.82, 2.24) is 10.6 Å². The van der Waals surface area contributed by atoms with Gasteiger partial charge in [-0.2, -0.15) is 0 Å².